The maximum atomic E-state index is 11.6. The van der Waals surface area contributed by atoms with Crippen LogP contribution in [0.3, 0.4) is 0 Å². The Morgan fingerprint density at radius 2 is 2.06 bits per heavy atom. The van der Waals surface area contributed by atoms with E-state index in [2.05, 4.69) is 25.7 Å². The third-order valence-electron chi connectivity index (χ3n) is 3.97. The van der Waals surface area contributed by atoms with Crippen LogP contribution < -0.4 is 0 Å². The lowest BCUT2D eigenvalue weighted by Gasteiger charge is -2.39. The first-order valence-corrected chi connectivity index (χ1v) is 6.50. The second-order valence-electron chi connectivity index (χ2n) is 5.25. The quantitative estimate of drug-likeness (QED) is 0.785. The molecule has 0 spiro atoms. The lowest BCUT2D eigenvalue weighted by atomic mass is 9.69. The zero-order chi connectivity index (χ0) is 12.2. The average molecular weight is 227 g/mol. The van der Waals surface area contributed by atoms with E-state index in [1.54, 1.807) is 0 Å². The summed E-state index contributed by atoms with van der Waals surface area (Å²) in [6.07, 6.45) is 3.95. The molecular weight excluding hydrogens is 202 g/mol. The van der Waals surface area contributed by atoms with E-state index in [0.717, 1.165) is 38.9 Å². The molecule has 1 N–H and O–H groups in total. The Kier molecular flexibility index (Phi) is 4.78. The second kappa shape index (κ2) is 5.67. The van der Waals surface area contributed by atoms with E-state index in [1.165, 1.54) is 6.42 Å². The van der Waals surface area contributed by atoms with E-state index in [1.807, 2.05) is 0 Å². The van der Waals surface area contributed by atoms with Gasteiger partial charge in [0.15, 0.2) is 0 Å². The first-order chi connectivity index (χ1) is 7.54. The molecule has 3 nitrogen and oxygen atoms in total. The first-order valence-electron chi connectivity index (χ1n) is 6.50. The summed E-state index contributed by atoms with van der Waals surface area (Å²) in [7, 11) is 0. The molecule has 1 aliphatic carbocycles. The normalized spacial score (nSPS) is 30.6. The molecule has 0 heterocycles. The largest absolute Gasteiger partial charge is 0.481 e. The van der Waals surface area contributed by atoms with E-state index in [0.29, 0.717) is 5.92 Å². The zero-order valence-corrected chi connectivity index (χ0v) is 10.8. The minimum Gasteiger partial charge on any atom is -0.481 e. The van der Waals surface area contributed by atoms with Crippen LogP contribution >= 0.6 is 0 Å². The van der Waals surface area contributed by atoms with Crippen molar-refractivity contribution in [1.29, 1.82) is 0 Å². The van der Waals surface area contributed by atoms with Gasteiger partial charge in [-0.15, -0.1) is 0 Å². The molecule has 1 fully saturated rings. The summed E-state index contributed by atoms with van der Waals surface area (Å²) >= 11 is 0. The molecule has 3 heteroatoms. The van der Waals surface area contributed by atoms with Crippen molar-refractivity contribution in [2.24, 2.45) is 11.3 Å². The van der Waals surface area contributed by atoms with Crippen molar-refractivity contribution in [3.05, 3.63) is 0 Å². The van der Waals surface area contributed by atoms with E-state index in [4.69, 9.17) is 0 Å². The highest BCUT2D eigenvalue weighted by molar-refractivity contribution is 5.75. The predicted molar refractivity (Wildman–Crippen MR) is 65.5 cm³/mol. The standard InChI is InChI=1S/C13H25NO2/c1-4-14(5-2)10-13(12(15)16)8-6-7-11(3)9-13/h11H,4-10H2,1-3H3,(H,15,16). The van der Waals surface area contributed by atoms with Crippen molar-refractivity contribution < 1.29 is 9.90 Å². The third kappa shape index (κ3) is 2.97. The van der Waals surface area contributed by atoms with Gasteiger partial charge in [0.25, 0.3) is 0 Å². The fourth-order valence-electron chi connectivity index (χ4n) is 2.94. The summed E-state index contributed by atoms with van der Waals surface area (Å²) in [4.78, 5) is 13.8. The van der Waals surface area contributed by atoms with Gasteiger partial charge in [-0.25, -0.2) is 0 Å². The Labute approximate surface area is 98.8 Å². The molecule has 0 aliphatic heterocycles. The molecule has 1 aliphatic rings. The van der Waals surface area contributed by atoms with Crippen LogP contribution in [0.5, 0.6) is 0 Å². The molecule has 2 unspecified atom stereocenters. The fraction of sp³-hybridized carbons (Fsp3) is 0.923. The molecule has 0 amide bonds. The van der Waals surface area contributed by atoms with Gasteiger partial charge in [-0.3, -0.25) is 4.79 Å². The van der Waals surface area contributed by atoms with Crippen LogP contribution in [0.1, 0.15) is 46.5 Å². The van der Waals surface area contributed by atoms with Crippen LogP contribution in [0.2, 0.25) is 0 Å². The van der Waals surface area contributed by atoms with Crippen LogP contribution in [0.15, 0.2) is 0 Å². The maximum Gasteiger partial charge on any atom is 0.310 e. The van der Waals surface area contributed by atoms with Crippen LogP contribution in [0.25, 0.3) is 0 Å². The number of rotatable bonds is 5. The van der Waals surface area contributed by atoms with Crippen molar-refractivity contribution >= 4 is 5.97 Å². The lowest BCUT2D eigenvalue weighted by molar-refractivity contribution is -0.153. The highest BCUT2D eigenvalue weighted by atomic mass is 16.4. The SMILES string of the molecule is CCN(CC)CC1(C(=O)O)CCCC(C)C1. The second-order valence-corrected chi connectivity index (χ2v) is 5.25. The van der Waals surface area contributed by atoms with Gasteiger partial charge in [0.1, 0.15) is 0 Å². The molecule has 0 aromatic heterocycles. The summed E-state index contributed by atoms with van der Waals surface area (Å²) in [5.74, 6) is -0.0358. The van der Waals surface area contributed by atoms with Crippen molar-refractivity contribution in [1.82, 2.24) is 4.90 Å². The predicted octanol–water partition coefficient (Wildman–Crippen LogP) is 2.61. The van der Waals surface area contributed by atoms with Gasteiger partial charge in [-0.2, -0.15) is 0 Å². The zero-order valence-electron chi connectivity index (χ0n) is 10.8. The average Bonchev–Trinajstić information content (AvgIpc) is 2.25. The summed E-state index contributed by atoms with van der Waals surface area (Å²) in [5.41, 5.74) is -0.482. The number of hydrogen-bond donors (Lipinski definition) is 1. The van der Waals surface area contributed by atoms with Crippen LogP contribution in [0.4, 0.5) is 0 Å². The van der Waals surface area contributed by atoms with Gasteiger partial charge >= 0.3 is 5.97 Å². The van der Waals surface area contributed by atoms with E-state index in [9.17, 15) is 9.90 Å². The highest BCUT2D eigenvalue weighted by Crippen LogP contribution is 2.40. The Bertz CT molecular complexity index is 238. The van der Waals surface area contributed by atoms with Crippen molar-refractivity contribution in [3.63, 3.8) is 0 Å². The smallest absolute Gasteiger partial charge is 0.310 e. The Morgan fingerprint density at radius 1 is 1.44 bits per heavy atom. The molecule has 0 radical (unpaired) electrons. The van der Waals surface area contributed by atoms with Gasteiger partial charge in [0, 0.05) is 6.54 Å². The molecule has 16 heavy (non-hydrogen) atoms. The number of carboxylic acid groups (broad SMARTS) is 1. The van der Waals surface area contributed by atoms with Gasteiger partial charge in [-0.1, -0.05) is 33.6 Å². The topological polar surface area (TPSA) is 40.5 Å². The van der Waals surface area contributed by atoms with Crippen LogP contribution in [0, 0.1) is 11.3 Å². The lowest BCUT2D eigenvalue weighted by Crippen LogP contribution is -2.45. The van der Waals surface area contributed by atoms with Gasteiger partial charge in [0.2, 0.25) is 0 Å². The Morgan fingerprint density at radius 3 is 2.50 bits per heavy atom. The van der Waals surface area contributed by atoms with Crippen molar-refractivity contribution in [2.75, 3.05) is 19.6 Å². The number of carbonyl (C=O) groups is 1. The minimum atomic E-state index is -0.592. The molecule has 2 atom stereocenters. The minimum absolute atomic E-state index is 0.482. The highest BCUT2D eigenvalue weighted by Gasteiger charge is 2.42. The van der Waals surface area contributed by atoms with Crippen LogP contribution in [-0.4, -0.2) is 35.6 Å². The summed E-state index contributed by atoms with van der Waals surface area (Å²) in [5, 5.41) is 9.52. The number of nitrogens with zero attached hydrogens (tertiary/aromatic N) is 1. The van der Waals surface area contributed by atoms with E-state index < -0.39 is 11.4 Å². The molecular formula is C13H25NO2. The van der Waals surface area contributed by atoms with E-state index >= 15 is 0 Å². The van der Waals surface area contributed by atoms with Gasteiger partial charge in [-0.05, 0) is 31.8 Å². The summed E-state index contributed by atoms with van der Waals surface area (Å²) in [6, 6.07) is 0. The fourth-order valence-corrected chi connectivity index (χ4v) is 2.94. The molecule has 1 saturated carbocycles. The Hall–Kier alpha value is -0.570. The van der Waals surface area contributed by atoms with E-state index in [-0.39, 0.29) is 0 Å². The number of hydrogen-bond acceptors (Lipinski definition) is 2. The molecule has 94 valence electrons. The Balaban J connectivity index is 2.75. The van der Waals surface area contributed by atoms with Crippen LogP contribution in [-0.2, 0) is 4.79 Å². The molecule has 0 bridgehead atoms. The van der Waals surface area contributed by atoms with Crippen molar-refractivity contribution in [2.45, 2.75) is 46.5 Å². The summed E-state index contributed by atoms with van der Waals surface area (Å²) < 4.78 is 0. The maximum absolute atomic E-state index is 11.6. The van der Waals surface area contributed by atoms with Gasteiger partial charge in [0.05, 0.1) is 5.41 Å². The monoisotopic (exact) mass is 227 g/mol. The molecule has 1 rings (SSSR count). The molecule has 0 aromatic carbocycles. The molecule has 0 saturated heterocycles. The molecule has 0 aromatic rings. The summed E-state index contributed by atoms with van der Waals surface area (Å²) in [6.45, 7) is 9.00. The van der Waals surface area contributed by atoms with Crippen molar-refractivity contribution in [3.8, 4) is 0 Å². The number of aliphatic carboxylic acids is 1. The van der Waals surface area contributed by atoms with Gasteiger partial charge < -0.3 is 10.0 Å². The third-order valence-corrected chi connectivity index (χ3v) is 3.97. The first kappa shape index (κ1) is 13.5. The number of carboxylic acids is 1.